The molecule has 1 saturated heterocycles. The maximum atomic E-state index is 12.0. The van der Waals surface area contributed by atoms with Gasteiger partial charge in [0.2, 0.25) is 5.95 Å². The van der Waals surface area contributed by atoms with Crippen molar-refractivity contribution in [3.05, 3.63) is 15.9 Å². The molecule has 0 amide bonds. The van der Waals surface area contributed by atoms with E-state index >= 15 is 0 Å². The number of nitrogens with one attached hydrogen (secondary N) is 1. The number of nitrogens with zero attached hydrogens (tertiary/aromatic N) is 3. The van der Waals surface area contributed by atoms with E-state index < -0.39 is 0 Å². The molecule has 4 rings (SSSR count). The Balaban J connectivity index is 1.99. The number of hydrogen-bond acceptors (Lipinski definition) is 7. The normalized spacial score (nSPS) is 26.4. The van der Waals surface area contributed by atoms with Gasteiger partial charge < -0.3 is 4.74 Å². The first-order valence-corrected chi connectivity index (χ1v) is 6.54. The molecule has 2 aromatic heterocycles. The molecule has 2 aromatic rings. The summed E-state index contributed by atoms with van der Waals surface area (Å²) in [6.07, 6.45) is 3.08. The van der Waals surface area contributed by atoms with E-state index in [2.05, 4.69) is 15.4 Å². The van der Waals surface area contributed by atoms with Gasteiger partial charge in [0, 0.05) is 0 Å². The van der Waals surface area contributed by atoms with Crippen molar-refractivity contribution in [2.75, 3.05) is 12.1 Å². The largest absolute Gasteiger partial charge is 0.352 e. The smallest absolute Gasteiger partial charge is 0.311 e. The quantitative estimate of drug-likeness (QED) is 0.763. The number of aromatic nitrogens is 3. The highest BCUT2D eigenvalue weighted by Crippen LogP contribution is 2.31. The average Bonchev–Trinajstić information content (AvgIpc) is 2.92. The van der Waals surface area contributed by atoms with Crippen LogP contribution in [0.25, 0.3) is 10.3 Å². The fourth-order valence-corrected chi connectivity index (χ4v) is 3.17. The van der Waals surface area contributed by atoms with Gasteiger partial charge in [-0.3, -0.25) is 14.2 Å². The Kier molecular flexibility index (Phi) is 2.16. The van der Waals surface area contributed by atoms with Crippen LogP contribution in [0, 0.1) is 0 Å². The molecule has 4 bridgehead atoms. The van der Waals surface area contributed by atoms with Gasteiger partial charge >= 0.3 is 4.87 Å². The molecular weight excluding hydrogens is 256 g/mol. The Morgan fingerprint density at radius 3 is 3.39 bits per heavy atom. The highest BCUT2D eigenvalue weighted by atomic mass is 32.1. The Hall–Kier alpha value is -1.51. The second-order valence-corrected chi connectivity index (χ2v) is 5.32. The molecule has 18 heavy (non-hydrogen) atoms. The minimum atomic E-state index is -0.235. The van der Waals surface area contributed by atoms with Crippen LogP contribution in [0.2, 0.25) is 0 Å². The van der Waals surface area contributed by atoms with Crippen molar-refractivity contribution in [2.24, 2.45) is 0 Å². The van der Waals surface area contributed by atoms with Gasteiger partial charge in [0.25, 0.3) is 0 Å². The lowest BCUT2D eigenvalue weighted by molar-refractivity contribution is -0.0323. The molecule has 2 aliphatic heterocycles. The van der Waals surface area contributed by atoms with Crippen LogP contribution < -0.4 is 10.4 Å². The summed E-state index contributed by atoms with van der Waals surface area (Å²) in [6.45, 7) is 0.423. The van der Waals surface area contributed by atoms with Gasteiger partial charge in [0.1, 0.15) is 12.8 Å². The van der Waals surface area contributed by atoms with Crippen LogP contribution >= 0.6 is 11.3 Å². The number of thiazole rings is 1. The van der Waals surface area contributed by atoms with E-state index in [0.717, 1.165) is 28.9 Å². The minimum Gasteiger partial charge on any atom is -0.352 e. The maximum absolute atomic E-state index is 12.0. The molecule has 0 radical (unpaired) electrons. The van der Waals surface area contributed by atoms with Crippen molar-refractivity contribution >= 4 is 27.6 Å². The van der Waals surface area contributed by atoms with Gasteiger partial charge in [0.05, 0.1) is 17.0 Å². The SMILES string of the molecule is O=c1sc2cnc3nc2n1[C@H]1CC[C@@H](CON3)O1. The molecule has 8 heteroatoms. The summed E-state index contributed by atoms with van der Waals surface area (Å²) in [5.74, 6) is 0.371. The van der Waals surface area contributed by atoms with Gasteiger partial charge in [-0.1, -0.05) is 11.3 Å². The average molecular weight is 266 g/mol. The zero-order chi connectivity index (χ0) is 12.1. The number of hydrogen-bond donors (Lipinski definition) is 1. The van der Waals surface area contributed by atoms with Crippen molar-refractivity contribution < 1.29 is 9.57 Å². The van der Waals surface area contributed by atoms with Crippen LogP contribution in [-0.2, 0) is 9.57 Å². The van der Waals surface area contributed by atoms with Gasteiger partial charge in [0.15, 0.2) is 5.65 Å². The molecule has 0 saturated carbocycles. The second-order valence-electron chi connectivity index (χ2n) is 4.32. The summed E-state index contributed by atoms with van der Waals surface area (Å²) >= 11 is 1.14. The highest BCUT2D eigenvalue weighted by Gasteiger charge is 2.30. The zero-order valence-electron chi connectivity index (χ0n) is 9.33. The Labute approximate surface area is 105 Å². The van der Waals surface area contributed by atoms with Crippen LogP contribution in [0.1, 0.15) is 19.1 Å². The topological polar surface area (TPSA) is 78.3 Å². The van der Waals surface area contributed by atoms with Gasteiger partial charge in [-0.05, 0) is 12.8 Å². The third-order valence-corrected chi connectivity index (χ3v) is 4.04. The van der Waals surface area contributed by atoms with E-state index in [1.807, 2.05) is 0 Å². The molecule has 1 N–H and O–H groups in total. The second kappa shape index (κ2) is 3.74. The molecule has 2 atom stereocenters. The number of rotatable bonds is 0. The van der Waals surface area contributed by atoms with E-state index in [1.54, 1.807) is 10.8 Å². The maximum Gasteiger partial charge on any atom is 0.311 e. The first-order chi connectivity index (χ1) is 8.81. The van der Waals surface area contributed by atoms with E-state index in [4.69, 9.17) is 9.57 Å². The predicted octanol–water partition coefficient (Wildman–Crippen LogP) is 0.888. The van der Waals surface area contributed by atoms with Crippen molar-refractivity contribution in [2.45, 2.75) is 25.2 Å². The van der Waals surface area contributed by atoms with Gasteiger partial charge in [-0.25, -0.2) is 10.5 Å². The molecule has 94 valence electrons. The van der Waals surface area contributed by atoms with E-state index in [9.17, 15) is 4.79 Å². The monoisotopic (exact) mass is 266 g/mol. The summed E-state index contributed by atoms with van der Waals surface area (Å²) in [6, 6.07) is 0. The van der Waals surface area contributed by atoms with Gasteiger partial charge in [-0.15, -0.1) is 0 Å². The van der Waals surface area contributed by atoms with Crippen molar-refractivity contribution in [1.82, 2.24) is 14.5 Å². The molecule has 0 spiro atoms. The summed E-state index contributed by atoms with van der Waals surface area (Å²) in [7, 11) is 0. The van der Waals surface area contributed by atoms with E-state index in [1.165, 1.54) is 0 Å². The first kappa shape index (κ1) is 10.4. The minimum absolute atomic E-state index is 0.00774. The summed E-state index contributed by atoms with van der Waals surface area (Å²) < 4.78 is 8.19. The molecule has 0 aliphatic carbocycles. The Morgan fingerprint density at radius 2 is 2.44 bits per heavy atom. The summed E-state index contributed by atoms with van der Waals surface area (Å²) in [4.78, 5) is 25.7. The van der Waals surface area contributed by atoms with Crippen LogP contribution in [0.5, 0.6) is 0 Å². The summed E-state index contributed by atoms with van der Waals surface area (Å²) in [5.41, 5.74) is 3.29. The van der Waals surface area contributed by atoms with Crippen molar-refractivity contribution in [3.63, 3.8) is 0 Å². The fraction of sp³-hybridized carbons (Fsp3) is 0.500. The van der Waals surface area contributed by atoms with E-state index in [-0.39, 0.29) is 17.2 Å². The standard InChI is InChI=1S/C10H10N4O3S/c15-10-14-7-2-1-5(17-7)4-16-13-9-11-3-6(18-10)8(14)12-9/h3,5,7H,1-2,4H2,(H,11,12,13)/t5-,7+/m0/s1. The molecule has 0 aromatic carbocycles. The van der Waals surface area contributed by atoms with Crippen LogP contribution in [-0.4, -0.2) is 27.2 Å². The number of fused-ring (bicyclic) bond motifs is 4. The Bertz CT molecular complexity index is 667. The van der Waals surface area contributed by atoms with Gasteiger partial charge in [-0.2, -0.15) is 4.98 Å². The molecule has 4 heterocycles. The van der Waals surface area contributed by atoms with Crippen LogP contribution in [0.4, 0.5) is 5.95 Å². The zero-order valence-corrected chi connectivity index (χ0v) is 10.1. The molecule has 1 fully saturated rings. The lowest BCUT2D eigenvalue weighted by atomic mass is 10.2. The van der Waals surface area contributed by atoms with Crippen LogP contribution in [0.15, 0.2) is 11.0 Å². The van der Waals surface area contributed by atoms with Crippen molar-refractivity contribution in [3.8, 4) is 0 Å². The predicted molar refractivity (Wildman–Crippen MR) is 64.4 cm³/mol. The van der Waals surface area contributed by atoms with E-state index in [0.29, 0.717) is 18.2 Å². The number of anilines is 1. The molecule has 2 aliphatic rings. The lowest BCUT2D eigenvalue weighted by Gasteiger charge is -2.16. The summed E-state index contributed by atoms with van der Waals surface area (Å²) in [5, 5.41) is 0. The highest BCUT2D eigenvalue weighted by molar-refractivity contribution is 7.16. The van der Waals surface area contributed by atoms with Crippen LogP contribution in [0.3, 0.4) is 0 Å². The molecule has 0 unspecified atom stereocenters. The fourth-order valence-electron chi connectivity index (χ4n) is 2.34. The Morgan fingerprint density at radius 1 is 1.50 bits per heavy atom. The lowest BCUT2D eigenvalue weighted by Crippen LogP contribution is -2.24. The third kappa shape index (κ3) is 1.46. The molecular formula is C10H10N4O3S. The third-order valence-electron chi connectivity index (χ3n) is 3.16. The first-order valence-electron chi connectivity index (χ1n) is 5.72. The van der Waals surface area contributed by atoms with Crippen molar-refractivity contribution in [1.29, 1.82) is 0 Å². The number of ether oxygens (including phenoxy) is 1. The molecule has 7 nitrogen and oxygen atoms in total.